The molecule has 2 aromatic rings. The second kappa shape index (κ2) is 5.28. The largest absolute Gasteiger partial charge is 0.381 e. The van der Waals surface area contributed by atoms with E-state index in [1.807, 2.05) is 11.4 Å². The maximum atomic E-state index is 5.43. The van der Waals surface area contributed by atoms with Crippen LogP contribution in [0.25, 0.3) is 10.2 Å². The maximum absolute atomic E-state index is 5.43. The number of nitrogens with two attached hydrogens (primary N) is 1. The Balaban J connectivity index is 1.88. The lowest BCUT2D eigenvalue weighted by molar-refractivity contribution is 0.183. The first-order valence-electron chi connectivity index (χ1n) is 6.34. The van der Waals surface area contributed by atoms with E-state index in [-0.39, 0.29) is 0 Å². The molecule has 19 heavy (non-hydrogen) atoms. The SMILES string of the molecule is CC(Nc1nc(NN)nc2sccc12)C1CCOC1. The zero-order chi connectivity index (χ0) is 13.2. The van der Waals surface area contributed by atoms with Crippen molar-refractivity contribution in [1.82, 2.24) is 9.97 Å². The van der Waals surface area contributed by atoms with Gasteiger partial charge in [-0.05, 0) is 24.8 Å². The highest BCUT2D eigenvalue weighted by Crippen LogP contribution is 2.28. The van der Waals surface area contributed by atoms with Crippen LogP contribution in [-0.2, 0) is 4.74 Å². The lowest BCUT2D eigenvalue weighted by atomic mass is 10.0. The minimum absolute atomic E-state index is 0.311. The molecule has 1 aliphatic heterocycles. The van der Waals surface area contributed by atoms with Gasteiger partial charge in [0, 0.05) is 18.6 Å². The first-order chi connectivity index (χ1) is 9.28. The quantitative estimate of drug-likeness (QED) is 0.584. The summed E-state index contributed by atoms with van der Waals surface area (Å²) in [5.41, 5.74) is 2.51. The molecule has 0 saturated carbocycles. The summed E-state index contributed by atoms with van der Waals surface area (Å²) in [5.74, 6) is 7.21. The van der Waals surface area contributed by atoms with Crippen molar-refractivity contribution in [3.05, 3.63) is 11.4 Å². The fourth-order valence-corrected chi connectivity index (χ4v) is 3.07. The summed E-state index contributed by atoms with van der Waals surface area (Å²) in [6.45, 7) is 3.83. The highest BCUT2D eigenvalue weighted by atomic mass is 32.1. The van der Waals surface area contributed by atoms with Crippen molar-refractivity contribution in [3.8, 4) is 0 Å². The number of nitrogen functional groups attached to an aromatic ring is 1. The highest BCUT2D eigenvalue weighted by molar-refractivity contribution is 7.16. The van der Waals surface area contributed by atoms with Crippen LogP contribution in [0.3, 0.4) is 0 Å². The number of ether oxygens (including phenoxy) is 1. The molecule has 1 saturated heterocycles. The normalized spacial score (nSPS) is 20.6. The monoisotopic (exact) mass is 279 g/mol. The fraction of sp³-hybridized carbons (Fsp3) is 0.500. The number of hydrazine groups is 1. The van der Waals surface area contributed by atoms with E-state index in [1.165, 1.54) is 0 Å². The van der Waals surface area contributed by atoms with Crippen LogP contribution in [0.2, 0.25) is 0 Å². The summed E-state index contributed by atoms with van der Waals surface area (Å²) in [6, 6.07) is 2.34. The Morgan fingerprint density at radius 2 is 2.42 bits per heavy atom. The van der Waals surface area contributed by atoms with Crippen LogP contribution in [0, 0.1) is 5.92 Å². The van der Waals surface area contributed by atoms with Crippen LogP contribution in [0.1, 0.15) is 13.3 Å². The molecule has 0 bridgehead atoms. The van der Waals surface area contributed by atoms with E-state index in [0.717, 1.165) is 35.7 Å². The number of anilines is 2. The molecule has 0 radical (unpaired) electrons. The molecule has 1 fully saturated rings. The van der Waals surface area contributed by atoms with Crippen LogP contribution in [0.4, 0.5) is 11.8 Å². The zero-order valence-corrected chi connectivity index (χ0v) is 11.5. The number of nitrogens with one attached hydrogen (secondary N) is 2. The van der Waals surface area contributed by atoms with Gasteiger partial charge in [0.15, 0.2) is 0 Å². The van der Waals surface area contributed by atoms with Gasteiger partial charge in [0.05, 0.1) is 12.0 Å². The third kappa shape index (κ3) is 2.49. The molecule has 0 aliphatic carbocycles. The van der Waals surface area contributed by atoms with Crippen molar-refractivity contribution in [2.45, 2.75) is 19.4 Å². The molecule has 0 amide bonds. The topological polar surface area (TPSA) is 85.1 Å². The average Bonchev–Trinajstić information content (AvgIpc) is 3.09. The number of thiophene rings is 1. The van der Waals surface area contributed by atoms with E-state index < -0.39 is 0 Å². The molecule has 0 spiro atoms. The second-order valence-corrected chi connectivity index (χ2v) is 5.63. The molecule has 2 unspecified atom stereocenters. The molecular weight excluding hydrogens is 262 g/mol. The summed E-state index contributed by atoms with van der Waals surface area (Å²) in [4.78, 5) is 9.67. The molecule has 0 aromatic carbocycles. The van der Waals surface area contributed by atoms with E-state index in [2.05, 4.69) is 27.6 Å². The fourth-order valence-electron chi connectivity index (χ4n) is 2.31. The Bertz CT molecular complexity index is 566. The van der Waals surface area contributed by atoms with Crippen molar-refractivity contribution >= 4 is 33.3 Å². The van der Waals surface area contributed by atoms with Gasteiger partial charge in [0.2, 0.25) is 5.95 Å². The van der Waals surface area contributed by atoms with Crippen LogP contribution in [0.5, 0.6) is 0 Å². The van der Waals surface area contributed by atoms with Gasteiger partial charge in [-0.2, -0.15) is 4.98 Å². The van der Waals surface area contributed by atoms with Gasteiger partial charge in [-0.3, -0.25) is 5.43 Å². The first-order valence-corrected chi connectivity index (χ1v) is 7.22. The Morgan fingerprint density at radius 3 is 3.16 bits per heavy atom. The van der Waals surface area contributed by atoms with E-state index in [1.54, 1.807) is 11.3 Å². The van der Waals surface area contributed by atoms with E-state index in [9.17, 15) is 0 Å². The number of hydrogen-bond donors (Lipinski definition) is 3. The van der Waals surface area contributed by atoms with E-state index >= 15 is 0 Å². The lowest BCUT2D eigenvalue weighted by Gasteiger charge is -2.20. The van der Waals surface area contributed by atoms with Crippen molar-refractivity contribution in [1.29, 1.82) is 0 Å². The standard InChI is InChI=1S/C12H17N5OS/c1-7(8-2-4-18-6-8)14-10-9-3-5-19-11(9)16-12(15-10)17-13/h3,5,7-8H,2,4,6,13H2,1H3,(H2,14,15,16,17). The van der Waals surface area contributed by atoms with Crippen LogP contribution in [0.15, 0.2) is 11.4 Å². The molecule has 2 aromatic heterocycles. The smallest absolute Gasteiger partial charge is 0.240 e. The van der Waals surface area contributed by atoms with Crippen LogP contribution in [-0.4, -0.2) is 29.2 Å². The van der Waals surface area contributed by atoms with Gasteiger partial charge in [-0.25, -0.2) is 10.8 Å². The van der Waals surface area contributed by atoms with Gasteiger partial charge in [0.25, 0.3) is 0 Å². The molecular formula is C12H17N5OS. The Labute approximate surface area is 115 Å². The van der Waals surface area contributed by atoms with Crippen molar-refractivity contribution in [2.75, 3.05) is 24.0 Å². The van der Waals surface area contributed by atoms with Gasteiger partial charge < -0.3 is 10.1 Å². The molecule has 2 atom stereocenters. The summed E-state index contributed by atoms with van der Waals surface area (Å²) >= 11 is 1.58. The lowest BCUT2D eigenvalue weighted by Crippen LogP contribution is -2.27. The Kier molecular flexibility index (Phi) is 3.50. The van der Waals surface area contributed by atoms with Crippen molar-refractivity contribution < 1.29 is 4.74 Å². The van der Waals surface area contributed by atoms with Crippen molar-refractivity contribution in [3.63, 3.8) is 0 Å². The zero-order valence-electron chi connectivity index (χ0n) is 10.7. The van der Waals surface area contributed by atoms with E-state index in [4.69, 9.17) is 10.6 Å². The molecule has 102 valence electrons. The number of rotatable bonds is 4. The minimum atomic E-state index is 0.311. The predicted octanol–water partition coefficient (Wildman–Crippen LogP) is 1.81. The number of aromatic nitrogens is 2. The predicted molar refractivity (Wildman–Crippen MR) is 77.2 cm³/mol. The van der Waals surface area contributed by atoms with Gasteiger partial charge >= 0.3 is 0 Å². The Hall–Kier alpha value is -1.44. The summed E-state index contributed by atoms with van der Waals surface area (Å²) in [7, 11) is 0. The maximum Gasteiger partial charge on any atom is 0.240 e. The summed E-state index contributed by atoms with van der Waals surface area (Å²) in [5, 5.41) is 6.51. The van der Waals surface area contributed by atoms with Gasteiger partial charge in [-0.1, -0.05) is 0 Å². The number of nitrogens with zero attached hydrogens (tertiary/aromatic N) is 2. The van der Waals surface area contributed by atoms with E-state index in [0.29, 0.717) is 17.9 Å². The number of hydrogen-bond acceptors (Lipinski definition) is 7. The summed E-state index contributed by atoms with van der Waals surface area (Å²) in [6.07, 6.45) is 1.09. The first kappa shape index (κ1) is 12.6. The minimum Gasteiger partial charge on any atom is -0.381 e. The molecule has 3 rings (SSSR count). The third-order valence-electron chi connectivity index (χ3n) is 3.49. The molecule has 1 aliphatic rings. The van der Waals surface area contributed by atoms with Crippen LogP contribution < -0.4 is 16.6 Å². The molecule has 3 heterocycles. The molecule has 4 N–H and O–H groups in total. The van der Waals surface area contributed by atoms with Crippen LogP contribution >= 0.6 is 11.3 Å². The Morgan fingerprint density at radius 1 is 1.53 bits per heavy atom. The summed E-state index contributed by atoms with van der Waals surface area (Å²) < 4.78 is 5.43. The van der Waals surface area contributed by atoms with Gasteiger partial charge in [-0.15, -0.1) is 11.3 Å². The molecule has 7 heteroatoms. The van der Waals surface area contributed by atoms with Gasteiger partial charge in [0.1, 0.15) is 10.6 Å². The number of fused-ring (bicyclic) bond motifs is 1. The molecule has 6 nitrogen and oxygen atoms in total. The van der Waals surface area contributed by atoms with Crippen molar-refractivity contribution in [2.24, 2.45) is 11.8 Å². The third-order valence-corrected chi connectivity index (χ3v) is 4.30. The second-order valence-electron chi connectivity index (χ2n) is 4.74. The highest BCUT2D eigenvalue weighted by Gasteiger charge is 2.23. The average molecular weight is 279 g/mol.